The number of anilines is 2. The van der Waals surface area contributed by atoms with Crippen molar-refractivity contribution in [1.29, 1.82) is 0 Å². The second kappa shape index (κ2) is 9.34. The standard InChI is InChI=1S/C21H24N4O5/c1-13-17(12-22-21(23-13)25-7-5-4-6-8-25)18(26)24-16-10-14(19(27)29-2)9-15(11-16)20(28)30-3/h9-12H,4-8H2,1-3H3,(H,24,26). The van der Waals surface area contributed by atoms with Crippen molar-refractivity contribution in [2.45, 2.75) is 26.2 Å². The summed E-state index contributed by atoms with van der Waals surface area (Å²) in [5.74, 6) is -1.11. The average molecular weight is 412 g/mol. The number of nitrogens with zero attached hydrogens (tertiary/aromatic N) is 3. The number of aromatic nitrogens is 2. The molecule has 1 aromatic heterocycles. The zero-order valence-electron chi connectivity index (χ0n) is 17.2. The predicted octanol–water partition coefficient (Wildman–Crippen LogP) is 2.60. The largest absolute Gasteiger partial charge is 0.465 e. The van der Waals surface area contributed by atoms with Crippen LogP contribution in [0.5, 0.6) is 0 Å². The Morgan fingerprint density at radius 3 is 2.10 bits per heavy atom. The fourth-order valence-corrected chi connectivity index (χ4v) is 3.29. The van der Waals surface area contributed by atoms with Crippen molar-refractivity contribution in [3.8, 4) is 0 Å². The second-order valence-electron chi connectivity index (χ2n) is 6.95. The molecule has 1 amide bonds. The van der Waals surface area contributed by atoms with Gasteiger partial charge in [-0.15, -0.1) is 0 Å². The molecule has 1 aromatic carbocycles. The lowest BCUT2D eigenvalue weighted by molar-refractivity contribution is 0.0599. The molecule has 1 saturated heterocycles. The van der Waals surface area contributed by atoms with Gasteiger partial charge in [0.1, 0.15) is 0 Å². The van der Waals surface area contributed by atoms with Crippen LogP contribution in [-0.2, 0) is 9.47 Å². The molecule has 2 aromatic rings. The fraction of sp³-hybridized carbons (Fsp3) is 0.381. The van der Waals surface area contributed by atoms with E-state index in [1.165, 1.54) is 45.0 Å². The van der Waals surface area contributed by atoms with Crippen LogP contribution in [0, 0.1) is 6.92 Å². The van der Waals surface area contributed by atoms with E-state index in [0.29, 0.717) is 17.2 Å². The molecule has 1 fully saturated rings. The summed E-state index contributed by atoms with van der Waals surface area (Å²) >= 11 is 0. The van der Waals surface area contributed by atoms with Crippen LogP contribution in [0.3, 0.4) is 0 Å². The maximum atomic E-state index is 12.8. The van der Waals surface area contributed by atoms with E-state index in [4.69, 9.17) is 9.47 Å². The first-order chi connectivity index (χ1) is 14.4. The average Bonchev–Trinajstić information content (AvgIpc) is 2.78. The van der Waals surface area contributed by atoms with E-state index in [-0.39, 0.29) is 16.8 Å². The minimum absolute atomic E-state index is 0.115. The minimum atomic E-state index is -0.637. The van der Waals surface area contributed by atoms with Crippen molar-refractivity contribution in [3.63, 3.8) is 0 Å². The lowest BCUT2D eigenvalue weighted by Gasteiger charge is -2.26. The lowest BCUT2D eigenvalue weighted by Crippen LogP contribution is -2.31. The molecule has 1 aliphatic heterocycles. The van der Waals surface area contributed by atoms with Crippen LogP contribution >= 0.6 is 0 Å². The van der Waals surface area contributed by atoms with Gasteiger partial charge in [-0.25, -0.2) is 19.6 Å². The number of amides is 1. The highest BCUT2D eigenvalue weighted by Crippen LogP contribution is 2.20. The summed E-state index contributed by atoms with van der Waals surface area (Å²) in [4.78, 5) is 47.6. The van der Waals surface area contributed by atoms with E-state index in [1.54, 1.807) is 6.92 Å². The zero-order valence-corrected chi connectivity index (χ0v) is 17.2. The van der Waals surface area contributed by atoms with Crippen LogP contribution in [0.4, 0.5) is 11.6 Å². The van der Waals surface area contributed by atoms with Gasteiger partial charge in [-0.1, -0.05) is 0 Å². The Morgan fingerprint density at radius 1 is 0.967 bits per heavy atom. The van der Waals surface area contributed by atoms with E-state index in [9.17, 15) is 14.4 Å². The highest BCUT2D eigenvalue weighted by Gasteiger charge is 2.19. The van der Waals surface area contributed by atoms with E-state index < -0.39 is 17.8 Å². The molecule has 0 atom stereocenters. The van der Waals surface area contributed by atoms with E-state index in [2.05, 4.69) is 20.2 Å². The van der Waals surface area contributed by atoms with Crippen LogP contribution in [0.2, 0.25) is 0 Å². The Labute approximate surface area is 174 Å². The number of aryl methyl sites for hydroxylation is 1. The molecule has 9 nitrogen and oxygen atoms in total. The van der Waals surface area contributed by atoms with Gasteiger partial charge in [0.2, 0.25) is 5.95 Å². The normalized spacial score (nSPS) is 13.5. The third kappa shape index (κ3) is 4.73. The fourth-order valence-electron chi connectivity index (χ4n) is 3.29. The smallest absolute Gasteiger partial charge is 0.337 e. The molecular formula is C21H24N4O5. The Kier molecular flexibility index (Phi) is 6.61. The van der Waals surface area contributed by atoms with Crippen LogP contribution in [0.1, 0.15) is 56.0 Å². The summed E-state index contributed by atoms with van der Waals surface area (Å²) in [5, 5.41) is 2.69. The molecule has 0 unspecified atom stereocenters. The van der Waals surface area contributed by atoms with Gasteiger partial charge in [0.25, 0.3) is 5.91 Å². The molecule has 0 saturated carbocycles. The van der Waals surface area contributed by atoms with E-state index >= 15 is 0 Å². The summed E-state index contributed by atoms with van der Waals surface area (Å²) in [7, 11) is 2.46. The molecule has 9 heteroatoms. The molecule has 158 valence electrons. The number of ether oxygens (including phenoxy) is 2. The van der Waals surface area contributed by atoms with Gasteiger partial charge < -0.3 is 19.7 Å². The van der Waals surface area contributed by atoms with Gasteiger partial charge in [-0.3, -0.25) is 4.79 Å². The Morgan fingerprint density at radius 2 is 1.57 bits per heavy atom. The Balaban J connectivity index is 1.84. The van der Waals surface area contributed by atoms with Crippen molar-refractivity contribution in [1.82, 2.24) is 9.97 Å². The van der Waals surface area contributed by atoms with E-state index in [0.717, 1.165) is 25.9 Å². The number of rotatable bonds is 5. The second-order valence-corrected chi connectivity index (χ2v) is 6.95. The lowest BCUT2D eigenvalue weighted by atomic mass is 10.1. The van der Waals surface area contributed by atoms with Gasteiger partial charge in [0.05, 0.1) is 36.6 Å². The molecule has 1 aliphatic rings. The maximum Gasteiger partial charge on any atom is 0.337 e. The van der Waals surface area contributed by atoms with Crippen LogP contribution < -0.4 is 10.2 Å². The topological polar surface area (TPSA) is 111 Å². The van der Waals surface area contributed by atoms with Gasteiger partial charge in [-0.2, -0.15) is 0 Å². The molecule has 2 heterocycles. The first kappa shape index (κ1) is 21.2. The molecular weight excluding hydrogens is 388 g/mol. The molecule has 0 bridgehead atoms. The summed E-state index contributed by atoms with van der Waals surface area (Å²) < 4.78 is 9.42. The third-order valence-electron chi connectivity index (χ3n) is 4.88. The number of hydrogen-bond acceptors (Lipinski definition) is 8. The molecule has 3 rings (SSSR count). The number of piperidine rings is 1. The minimum Gasteiger partial charge on any atom is -0.465 e. The summed E-state index contributed by atoms with van der Waals surface area (Å²) in [6, 6.07) is 4.19. The van der Waals surface area contributed by atoms with Gasteiger partial charge in [-0.05, 0) is 44.4 Å². The number of esters is 2. The monoisotopic (exact) mass is 412 g/mol. The molecule has 0 spiro atoms. The van der Waals surface area contributed by atoms with Crippen molar-refractivity contribution < 1.29 is 23.9 Å². The van der Waals surface area contributed by atoms with Crippen LogP contribution in [0.15, 0.2) is 24.4 Å². The predicted molar refractivity (Wildman–Crippen MR) is 110 cm³/mol. The number of methoxy groups -OCH3 is 2. The number of carbonyl (C=O) groups excluding carboxylic acids is 3. The summed E-state index contributed by atoms with van der Waals surface area (Å²) in [6.07, 6.45) is 4.90. The number of nitrogens with one attached hydrogen (secondary N) is 1. The first-order valence-corrected chi connectivity index (χ1v) is 9.64. The summed E-state index contributed by atoms with van der Waals surface area (Å²) in [6.45, 7) is 3.55. The number of carbonyl (C=O) groups is 3. The molecule has 0 aliphatic carbocycles. The number of benzene rings is 1. The van der Waals surface area contributed by atoms with Crippen molar-refractivity contribution in [2.24, 2.45) is 0 Å². The third-order valence-corrected chi connectivity index (χ3v) is 4.88. The molecule has 0 radical (unpaired) electrons. The van der Waals surface area contributed by atoms with Crippen molar-refractivity contribution in [3.05, 3.63) is 46.8 Å². The van der Waals surface area contributed by atoms with Crippen LogP contribution in [0.25, 0.3) is 0 Å². The van der Waals surface area contributed by atoms with Gasteiger partial charge in [0.15, 0.2) is 0 Å². The quantitative estimate of drug-likeness (QED) is 0.746. The summed E-state index contributed by atoms with van der Waals surface area (Å²) in [5.41, 5.74) is 1.33. The molecule has 30 heavy (non-hydrogen) atoms. The SMILES string of the molecule is COC(=O)c1cc(NC(=O)c2cnc(N3CCCCC3)nc2C)cc(C(=O)OC)c1. The Bertz CT molecular complexity index is 936. The van der Waals surface area contributed by atoms with Crippen molar-refractivity contribution >= 4 is 29.5 Å². The maximum absolute atomic E-state index is 12.8. The van der Waals surface area contributed by atoms with Crippen molar-refractivity contribution in [2.75, 3.05) is 37.5 Å². The highest BCUT2D eigenvalue weighted by molar-refractivity contribution is 6.06. The first-order valence-electron chi connectivity index (χ1n) is 9.64. The van der Waals surface area contributed by atoms with Crippen LogP contribution in [-0.4, -0.2) is 55.1 Å². The molecule has 1 N–H and O–H groups in total. The Hall–Kier alpha value is -3.49. The van der Waals surface area contributed by atoms with Gasteiger partial charge >= 0.3 is 11.9 Å². The van der Waals surface area contributed by atoms with Gasteiger partial charge in [0, 0.05) is 25.0 Å². The highest BCUT2D eigenvalue weighted by atomic mass is 16.5. The van der Waals surface area contributed by atoms with E-state index in [1.807, 2.05) is 0 Å². The number of hydrogen-bond donors (Lipinski definition) is 1. The zero-order chi connectivity index (χ0) is 21.7.